The molecular weight excluding hydrogens is 132 g/mol. The fraction of sp³-hybridized carbons (Fsp3) is 0.636. The molecule has 0 radical (unpaired) electrons. The number of hydrogen-bond acceptors (Lipinski definition) is 0. The maximum Gasteiger partial charge on any atom is -0.0169 e. The molecule has 0 fully saturated rings. The van der Waals surface area contributed by atoms with Crippen molar-refractivity contribution in [2.24, 2.45) is 11.8 Å². The highest BCUT2D eigenvalue weighted by Gasteiger charge is 2.00. The van der Waals surface area contributed by atoms with Crippen molar-refractivity contribution in [3.8, 4) is 0 Å². The Kier molecular flexibility index (Phi) is 5.91. The van der Waals surface area contributed by atoms with E-state index >= 15 is 0 Å². The molecule has 0 aliphatic heterocycles. The van der Waals surface area contributed by atoms with E-state index in [1.54, 1.807) is 0 Å². The summed E-state index contributed by atoms with van der Waals surface area (Å²) >= 11 is 0. The quantitative estimate of drug-likeness (QED) is 0.537. The van der Waals surface area contributed by atoms with Crippen LogP contribution in [0.15, 0.2) is 24.3 Å². The number of hydrogen-bond donors (Lipinski definition) is 0. The van der Waals surface area contributed by atoms with E-state index in [0.717, 1.165) is 12.3 Å². The Bertz CT molecular complexity index is 129. The first-order valence-corrected chi connectivity index (χ1v) is 4.46. The van der Waals surface area contributed by atoms with E-state index in [2.05, 4.69) is 52.0 Å². The summed E-state index contributed by atoms with van der Waals surface area (Å²) < 4.78 is 0. The Morgan fingerprint density at radius 2 is 1.73 bits per heavy atom. The maximum absolute atomic E-state index is 2.30. The minimum absolute atomic E-state index is 0.709. The van der Waals surface area contributed by atoms with Gasteiger partial charge in [-0.1, -0.05) is 45.1 Å². The third-order valence-electron chi connectivity index (χ3n) is 2.00. The van der Waals surface area contributed by atoms with Crippen LogP contribution < -0.4 is 0 Å². The van der Waals surface area contributed by atoms with Gasteiger partial charge in [0.25, 0.3) is 0 Å². The van der Waals surface area contributed by atoms with Crippen LogP contribution in [0.2, 0.25) is 0 Å². The van der Waals surface area contributed by atoms with Gasteiger partial charge in [-0.2, -0.15) is 0 Å². The molecule has 0 bridgehead atoms. The van der Waals surface area contributed by atoms with Gasteiger partial charge >= 0.3 is 0 Å². The zero-order valence-electron chi connectivity index (χ0n) is 8.17. The van der Waals surface area contributed by atoms with E-state index in [0.29, 0.717) is 5.92 Å². The van der Waals surface area contributed by atoms with Crippen LogP contribution in [0.5, 0.6) is 0 Å². The SMILES string of the molecule is CC=CCC=CC(C)C(C)C. The number of rotatable bonds is 4. The summed E-state index contributed by atoms with van der Waals surface area (Å²) in [6.07, 6.45) is 9.87. The molecule has 1 atom stereocenters. The summed E-state index contributed by atoms with van der Waals surface area (Å²) in [6, 6.07) is 0. The molecule has 0 rings (SSSR count). The van der Waals surface area contributed by atoms with Gasteiger partial charge in [0.05, 0.1) is 0 Å². The molecule has 0 aliphatic carbocycles. The van der Waals surface area contributed by atoms with Crippen molar-refractivity contribution in [2.75, 3.05) is 0 Å². The lowest BCUT2D eigenvalue weighted by atomic mass is 9.97. The number of allylic oxidation sites excluding steroid dienone is 4. The van der Waals surface area contributed by atoms with Crippen LogP contribution in [0.25, 0.3) is 0 Å². The predicted octanol–water partition coefficient (Wildman–Crippen LogP) is 3.80. The lowest BCUT2D eigenvalue weighted by Crippen LogP contribution is -1.98. The van der Waals surface area contributed by atoms with E-state index in [9.17, 15) is 0 Å². The van der Waals surface area contributed by atoms with Crippen molar-refractivity contribution in [1.82, 2.24) is 0 Å². The van der Waals surface area contributed by atoms with Gasteiger partial charge in [0.15, 0.2) is 0 Å². The summed E-state index contributed by atoms with van der Waals surface area (Å²) in [5.41, 5.74) is 0. The normalized spacial score (nSPS) is 15.4. The Balaban J connectivity index is 3.56. The Hall–Kier alpha value is -0.520. The molecule has 0 aromatic heterocycles. The molecule has 11 heavy (non-hydrogen) atoms. The van der Waals surface area contributed by atoms with Gasteiger partial charge in [-0.3, -0.25) is 0 Å². The molecular formula is C11H20. The molecule has 0 aromatic rings. The van der Waals surface area contributed by atoms with Gasteiger partial charge in [0.1, 0.15) is 0 Å². The van der Waals surface area contributed by atoms with Gasteiger partial charge in [-0.25, -0.2) is 0 Å². The molecule has 1 unspecified atom stereocenters. The summed E-state index contributed by atoms with van der Waals surface area (Å²) in [5, 5.41) is 0. The van der Waals surface area contributed by atoms with E-state index < -0.39 is 0 Å². The topological polar surface area (TPSA) is 0 Å². The van der Waals surface area contributed by atoms with E-state index in [1.165, 1.54) is 0 Å². The highest BCUT2D eigenvalue weighted by molar-refractivity contribution is 4.94. The van der Waals surface area contributed by atoms with Crippen LogP contribution in [0.4, 0.5) is 0 Å². The first kappa shape index (κ1) is 10.5. The van der Waals surface area contributed by atoms with Gasteiger partial charge in [-0.05, 0) is 25.2 Å². The minimum Gasteiger partial charge on any atom is -0.0914 e. The van der Waals surface area contributed by atoms with Crippen LogP contribution in [0.3, 0.4) is 0 Å². The molecule has 0 N–H and O–H groups in total. The summed E-state index contributed by atoms with van der Waals surface area (Å²) in [6.45, 7) is 8.83. The maximum atomic E-state index is 2.30. The van der Waals surface area contributed by atoms with Crippen LogP contribution in [0, 0.1) is 11.8 Å². The average Bonchev–Trinajstić information content (AvgIpc) is 1.97. The van der Waals surface area contributed by atoms with Crippen LogP contribution in [-0.4, -0.2) is 0 Å². The van der Waals surface area contributed by atoms with Gasteiger partial charge in [0, 0.05) is 0 Å². The molecule has 0 aliphatic rings. The molecule has 0 spiro atoms. The first-order chi connectivity index (χ1) is 5.18. The average molecular weight is 152 g/mol. The van der Waals surface area contributed by atoms with Gasteiger partial charge < -0.3 is 0 Å². The van der Waals surface area contributed by atoms with Gasteiger partial charge in [-0.15, -0.1) is 0 Å². The standard InChI is InChI=1S/C11H20/c1-5-6-7-8-9-11(4)10(2)3/h5-6,8-11H,7H2,1-4H3. The predicted molar refractivity (Wildman–Crippen MR) is 52.6 cm³/mol. The van der Waals surface area contributed by atoms with E-state index in [1.807, 2.05) is 0 Å². The first-order valence-electron chi connectivity index (χ1n) is 4.46. The Morgan fingerprint density at radius 1 is 1.09 bits per heavy atom. The summed E-state index contributed by atoms with van der Waals surface area (Å²) in [7, 11) is 0. The third-order valence-corrected chi connectivity index (χ3v) is 2.00. The van der Waals surface area contributed by atoms with Crippen molar-refractivity contribution in [3.05, 3.63) is 24.3 Å². The van der Waals surface area contributed by atoms with Crippen molar-refractivity contribution in [2.45, 2.75) is 34.1 Å². The molecule has 0 heteroatoms. The van der Waals surface area contributed by atoms with Crippen molar-refractivity contribution in [3.63, 3.8) is 0 Å². The Labute approximate surface area is 71.0 Å². The van der Waals surface area contributed by atoms with Crippen LogP contribution >= 0.6 is 0 Å². The minimum atomic E-state index is 0.709. The monoisotopic (exact) mass is 152 g/mol. The highest BCUT2D eigenvalue weighted by atomic mass is 14.1. The summed E-state index contributed by atoms with van der Waals surface area (Å²) in [4.78, 5) is 0. The lowest BCUT2D eigenvalue weighted by Gasteiger charge is -2.08. The molecule has 0 heterocycles. The van der Waals surface area contributed by atoms with E-state index in [4.69, 9.17) is 0 Å². The van der Waals surface area contributed by atoms with Crippen LogP contribution in [0.1, 0.15) is 34.1 Å². The van der Waals surface area contributed by atoms with Crippen LogP contribution in [-0.2, 0) is 0 Å². The van der Waals surface area contributed by atoms with Crippen molar-refractivity contribution < 1.29 is 0 Å². The molecule has 0 nitrogen and oxygen atoms in total. The van der Waals surface area contributed by atoms with Crippen molar-refractivity contribution in [1.29, 1.82) is 0 Å². The fourth-order valence-electron chi connectivity index (χ4n) is 0.730. The zero-order chi connectivity index (χ0) is 8.69. The second-order valence-electron chi connectivity index (χ2n) is 3.34. The van der Waals surface area contributed by atoms with Crippen molar-refractivity contribution >= 4 is 0 Å². The summed E-state index contributed by atoms with van der Waals surface area (Å²) in [5.74, 6) is 1.47. The smallest absolute Gasteiger partial charge is 0.0169 e. The second-order valence-corrected chi connectivity index (χ2v) is 3.34. The molecule has 0 aromatic carbocycles. The van der Waals surface area contributed by atoms with E-state index in [-0.39, 0.29) is 0 Å². The molecule has 64 valence electrons. The molecule has 0 saturated heterocycles. The molecule has 0 saturated carbocycles. The third kappa shape index (κ3) is 5.90. The fourth-order valence-corrected chi connectivity index (χ4v) is 0.730. The Morgan fingerprint density at radius 3 is 2.18 bits per heavy atom. The highest BCUT2D eigenvalue weighted by Crippen LogP contribution is 2.10. The molecule has 0 amide bonds. The zero-order valence-corrected chi connectivity index (χ0v) is 8.17. The van der Waals surface area contributed by atoms with Gasteiger partial charge in [0.2, 0.25) is 0 Å². The lowest BCUT2D eigenvalue weighted by molar-refractivity contribution is 0.503. The second kappa shape index (κ2) is 6.21. The largest absolute Gasteiger partial charge is 0.0914 e.